The van der Waals surface area contributed by atoms with Crippen molar-refractivity contribution in [1.29, 1.82) is 0 Å². The second-order valence-electron chi connectivity index (χ2n) is 4.77. The first-order chi connectivity index (χ1) is 10.1. The summed E-state index contributed by atoms with van der Waals surface area (Å²) < 4.78 is 81.9. The summed E-state index contributed by atoms with van der Waals surface area (Å²) in [5.74, 6) is -0.245. The molecule has 124 valence electrons. The van der Waals surface area contributed by atoms with Gasteiger partial charge in [0.25, 0.3) is 0 Å². The van der Waals surface area contributed by atoms with Crippen molar-refractivity contribution in [2.24, 2.45) is 0 Å². The molecule has 0 aromatic heterocycles. The third-order valence-corrected chi connectivity index (χ3v) is 5.49. The van der Waals surface area contributed by atoms with Gasteiger partial charge < -0.3 is 9.47 Å². The average molecular weight is 347 g/mol. The van der Waals surface area contributed by atoms with Crippen molar-refractivity contribution in [3.63, 3.8) is 0 Å². The molecule has 9 heteroatoms. The number of aryl methyl sites for hydroxylation is 1. The third kappa shape index (κ3) is 4.62. The van der Waals surface area contributed by atoms with Crippen molar-refractivity contribution >= 4 is 10.9 Å². The van der Waals surface area contributed by atoms with E-state index in [0.29, 0.717) is 4.90 Å². The van der Waals surface area contributed by atoms with E-state index in [1.54, 1.807) is 0 Å². The minimum Gasteiger partial charge on any atom is -0.402 e. The van der Waals surface area contributed by atoms with Crippen LogP contribution in [0, 0.1) is 6.92 Å². The molecule has 1 heterocycles. The van der Waals surface area contributed by atoms with E-state index in [2.05, 4.69) is 9.47 Å². The van der Waals surface area contributed by atoms with Crippen LogP contribution >= 0.6 is 0 Å². The fourth-order valence-electron chi connectivity index (χ4n) is 2.21. The van der Waals surface area contributed by atoms with Gasteiger partial charge in [-0.3, -0.25) is 0 Å². The van der Waals surface area contributed by atoms with E-state index in [9.17, 15) is 26.3 Å². The quantitative estimate of drug-likeness (QED) is 0.589. The Hall–Kier alpha value is -1.25. The second-order valence-corrected chi connectivity index (χ2v) is 7.04. The first-order valence-electron chi connectivity index (χ1n) is 6.39. The SMILES string of the molecule is Cc1cc([S+]2CCCC2)cc(OC(F)(F)F)c1OC(F)(F)F. The Morgan fingerprint density at radius 2 is 1.45 bits per heavy atom. The Morgan fingerprint density at radius 3 is 1.95 bits per heavy atom. The van der Waals surface area contributed by atoms with Crippen molar-refractivity contribution in [2.75, 3.05) is 11.5 Å². The van der Waals surface area contributed by atoms with E-state index in [-0.39, 0.29) is 16.5 Å². The average Bonchev–Trinajstić information content (AvgIpc) is 2.83. The first-order valence-corrected chi connectivity index (χ1v) is 7.95. The van der Waals surface area contributed by atoms with Gasteiger partial charge in [-0.2, -0.15) is 0 Å². The predicted octanol–water partition coefficient (Wildman–Crippen LogP) is 4.56. The monoisotopic (exact) mass is 347 g/mol. The van der Waals surface area contributed by atoms with Gasteiger partial charge in [-0.15, -0.1) is 26.3 Å². The van der Waals surface area contributed by atoms with Crippen molar-refractivity contribution in [1.82, 2.24) is 0 Å². The topological polar surface area (TPSA) is 18.5 Å². The summed E-state index contributed by atoms with van der Waals surface area (Å²) in [7, 11) is -0.255. The van der Waals surface area contributed by atoms with Gasteiger partial charge in [0.05, 0.1) is 0 Å². The van der Waals surface area contributed by atoms with E-state index in [0.717, 1.165) is 30.4 Å². The van der Waals surface area contributed by atoms with Crippen molar-refractivity contribution in [2.45, 2.75) is 37.4 Å². The second kappa shape index (κ2) is 6.10. The van der Waals surface area contributed by atoms with Crippen LogP contribution in [0.15, 0.2) is 17.0 Å². The summed E-state index contributed by atoms with van der Waals surface area (Å²) in [6.45, 7) is 1.27. The lowest BCUT2D eigenvalue weighted by Crippen LogP contribution is -2.22. The van der Waals surface area contributed by atoms with E-state index in [1.165, 1.54) is 13.0 Å². The molecule has 1 saturated heterocycles. The Balaban J connectivity index is 2.42. The van der Waals surface area contributed by atoms with Crippen LogP contribution in [0.1, 0.15) is 18.4 Å². The fourth-order valence-corrected chi connectivity index (χ4v) is 4.61. The van der Waals surface area contributed by atoms with Gasteiger partial charge in [-0.25, -0.2) is 0 Å². The number of hydrogen-bond acceptors (Lipinski definition) is 2. The first kappa shape index (κ1) is 17.1. The van der Waals surface area contributed by atoms with E-state index in [4.69, 9.17) is 0 Å². The molecular formula is C13H13F6O2S+. The molecule has 0 unspecified atom stereocenters. The Bertz CT molecular complexity index is 535. The van der Waals surface area contributed by atoms with E-state index in [1.807, 2.05) is 0 Å². The number of ether oxygens (including phenoxy) is 2. The highest BCUT2D eigenvalue weighted by molar-refractivity contribution is 7.97. The highest BCUT2D eigenvalue weighted by atomic mass is 32.2. The Morgan fingerprint density at radius 1 is 0.909 bits per heavy atom. The molecule has 0 bridgehead atoms. The summed E-state index contributed by atoms with van der Waals surface area (Å²) in [5.41, 5.74) is -0.0338. The number of alkyl halides is 6. The maximum Gasteiger partial charge on any atom is 0.573 e. The maximum absolute atomic E-state index is 12.4. The molecule has 1 aliphatic rings. The Kier molecular flexibility index (Phi) is 4.74. The van der Waals surface area contributed by atoms with Gasteiger partial charge >= 0.3 is 12.7 Å². The maximum atomic E-state index is 12.4. The normalized spacial score (nSPS) is 16.9. The molecule has 0 spiro atoms. The van der Waals surface area contributed by atoms with Gasteiger partial charge in [-0.05, 0) is 19.8 Å². The van der Waals surface area contributed by atoms with Crippen LogP contribution in [0.4, 0.5) is 26.3 Å². The van der Waals surface area contributed by atoms with Gasteiger partial charge in [0.1, 0.15) is 11.5 Å². The largest absolute Gasteiger partial charge is 0.573 e. The third-order valence-electron chi connectivity index (χ3n) is 3.02. The van der Waals surface area contributed by atoms with Gasteiger partial charge in [-0.1, -0.05) is 0 Å². The lowest BCUT2D eigenvalue weighted by molar-refractivity contribution is -0.287. The molecule has 0 N–H and O–H groups in total. The van der Waals surface area contributed by atoms with Crippen LogP contribution in [0.25, 0.3) is 0 Å². The number of hydrogen-bond donors (Lipinski definition) is 0. The molecule has 1 fully saturated rings. The smallest absolute Gasteiger partial charge is 0.402 e. The van der Waals surface area contributed by atoms with Gasteiger partial charge in [0.2, 0.25) is 0 Å². The summed E-state index contributed by atoms with van der Waals surface area (Å²) in [5, 5.41) is 0. The highest BCUT2D eigenvalue weighted by Gasteiger charge is 2.39. The number of benzene rings is 1. The van der Waals surface area contributed by atoms with E-state index < -0.39 is 24.2 Å². The molecule has 0 aliphatic carbocycles. The highest BCUT2D eigenvalue weighted by Crippen LogP contribution is 2.41. The van der Waals surface area contributed by atoms with Crippen LogP contribution < -0.4 is 9.47 Å². The summed E-state index contributed by atoms with van der Waals surface area (Å²) in [6.07, 6.45) is -8.27. The van der Waals surface area contributed by atoms with Gasteiger partial charge in [0.15, 0.2) is 16.4 Å². The lowest BCUT2D eigenvalue weighted by Gasteiger charge is -2.17. The molecule has 0 radical (unpaired) electrons. The lowest BCUT2D eigenvalue weighted by atomic mass is 10.2. The minimum absolute atomic E-state index is 0.0338. The van der Waals surface area contributed by atoms with Crippen molar-refractivity contribution < 1.29 is 35.8 Å². The van der Waals surface area contributed by atoms with Gasteiger partial charge in [0, 0.05) is 28.6 Å². The van der Waals surface area contributed by atoms with Crippen molar-refractivity contribution in [3.05, 3.63) is 17.7 Å². The summed E-state index contributed by atoms with van der Waals surface area (Å²) in [4.78, 5) is 0.573. The summed E-state index contributed by atoms with van der Waals surface area (Å²) in [6, 6.07) is 2.45. The van der Waals surface area contributed by atoms with Crippen LogP contribution in [-0.4, -0.2) is 24.2 Å². The molecule has 0 amide bonds. The number of rotatable bonds is 3. The molecule has 1 aromatic carbocycles. The predicted molar refractivity (Wildman–Crippen MR) is 69.1 cm³/mol. The fraction of sp³-hybridized carbons (Fsp3) is 0.538. The Labute approximate surface area is 125 Å². The van der Waals surface area contributed by atoms with Crippen LogP contribution in [-0.2, 0) is 10.9 Å². The zero-order chi connectivity index (χ0) is 16.5. The number of halogens is 6. The van der Waals surface area contributed by atoms with Crippen LogP contribution in [0.2, 0.25) is 0 Å². The molecule has 0 atom stereocenters. The zero-order valence-corrected chi connectivity index (χ0v) is 12.3. The molecule has 2 rings (SSSR count). The molecule has 1 aromatic rings. The summed E-state index contributed by atoms with van der Waals surface area (Å²) >= 11 is 0. The zero-order valence-electron chi connectivity index (χ0n) is 11.5. The molecule has 22 heavy (non-hydrogen) atoms. The van der Waals surface area contributed by atoms with Crippen LogP contribution in [0.5, 0.6) is 11.5 Å². The van der Waals surface area contributed by atoms with E-state index >= 15 is 0 Å². The molecule has 0 saturated carbocycles. The van der Waals surface area contributed by atoms with Crippen LogP contribution in [0.3, 0.4) is 0 Å². The van der Waals surface area contributed by atoms with Crippen molar-refractivity contribution in [3.8, 4) is 11.5 Å². The molecule has 1 aliphatic heterocycles. The molecular weight excluding hydrogens is 334 g/mol. The standard InChI is InChI=1S/C13H13F6O2S/c1-8-6-9(22-4-2-3-5-22)7-10(20-12(14,15)16)11(8)21-13(17,18)19/h6-7H,2-5H2,1H3/q+1. The minimum atomic E-state index is -5.09. The molecule has 2 nitrogen and oxygen atoms in total.